The summed E-state index contributed by atoms with van der Waals surface area (Å²) in [5.41, 5.74) is 29.2. The van der Waals surface area contributed by atoms with Gasteiger partial charge in [-0.05, 0) is 201 Å². The van der Waals surface area contributed by atoms with Crippen LogP contribution in [0.1, 0.15) is 86.1 Å². The number of aromatic nitrogens is 2. The zero-order chi connectivity index (χ0) is 58.9. The fraction of sp³-hybridized carbons (Fsp3) is 0.133. The zero-order valence-corrected chi connectivity index (χ0v) is 51.2. The van der Waals surface area contributed by atoms with Crippen molar-refractivity contribution in [2.24, 2.45) is 0 Å². The molecule has 18 rings (SSSR count). The predicted molar refractivity (Wildman–Crippen MR) is 370 cm³/mol. The van der Waals surface area contributed by atoms with Gasteiger partial charge in [-0.1, -0.05) is 185 Å². The second-order valence-corrected chi connectivity index (χ2v) is 26.8. The average Bonchev–Trinajstić information content (AvgIpc) is 1.48. The molecule has 0 fully saturated rings. The molecular formula is C83H64N4S. The number of anilines is 6. The van der Waals surface area contributed by atoms with Crippen LogP contribution in [0.25, 0.3) is 77.0 Å². The highest BCUT2D eigenvalue weighted by Gasteiger charge is 2.51. The van der Waals surface area contributed by atoms with Crippen LogP contribution >= 0.6 is 11.8 Å². The number of para-hydroxylation sites is 2. The Morgan fingerprint density at radius 2 is 0.591 bits per heavy atom. The van der Waals surface area contributed by atoms with Crippen molar-refractivity contribution in [2.45, 2.75) is 80.7 Å². The molecule has 14 aromatic rings. The highest BCUT2D eigenvalue weighted by Crippen LogP contribution is 2.64. The number of hydrogen-bond acceptors (Lipinski definition) is 3. The standard InChI is InChI=1S/C83H64N4S/c1-7-84-75-29-17-11-23-63(75)65-45-51(37-43-77(65)84)86(53-33-39-59-57-21-9-13-25-67(57)81(3,4)71(59)47-53)55-35-41-61-62-42-36-56(50-74(62)83(73(61)49-55)69-27-15-19-31-79(69)88-80-32-20-16-28-70(80)83)87(52-38-44-78-66(46-52)64-24-12-18-30-76(64)85(78)8-2)54-34-40-60-58-22-10-14-26-68(58)82(5,6)72(60)48-54/h9-50H,7-8H2,1-6H3. The normalized spacial score (nSPS) is 14.8. The minimum Gasteiger partial charge on any atom is -0.341 e. The van der Waals surface area contributed by atoms with E-state index >= 15 is 0 Å². The summed E-state index contributed by atoms with van der Waals surface area (Å²) < 4.78 is 4.92. The lowest BCUT2D eigenvalue weighted by Crippen LogP contribution is -2.32. The van der Waals surface area contributed by atoms with E-state index in [0.717, 1.165) is 47.2 Å². The van der Waals surface area contributed by atoms with Crippen LogP contribution in [-0.4, -0.2) is 9.13 Å². The van der Waals surface area contributed by atoms with Gasteiger partial charge in [0.25, 0.3) is 0 Å². The Morgan fingerprint density at radius 1 is 0.284 bits per heavy atom. The van der Waals surface area contributed by atoms with Gasteiger partial charge in [-0.25, -0.2) is 0 Å². The Hall–Kier alpha value is -9.81. The summed E-state index contributed by atoms with van der Waals surface area (Å²) in [5, 5.41) is 5.06. The minimum absolute atomic E-state index is 0.185. The SMILES string of the molecule is CCn1c2ccccc2c2cc(N(c3ccc4c(c3)C(C)(C)c3ccccc3-4)c3ccc4c(c3)C3(c5ccccc5Sc5ccccc53)c3cc(N(c5ccc6c(c5)C(C)(C)c5ccccc5-6)c5ccc6c(c5)c5ccccc5n6CC)ccc3-4)ccc21. The van der Waals surface area contributed by atoms with Gasteiger partial charge in [0.05, 0.1) is 5.41 Å². The molecule has 88 heavy (non-hydrogen) atoms. The molecular weight excluding hydrogens is 1090 g/mol. The number of fused-ring (bicyclic) bond motifs is 21. The van der Waals surface area contributed by atoms with Crippen molar-refractivity contribution in [2.75, 3.05) is 9.80 Å². The van der Waals surface area contributed by atoms with Gasteiger partial charge in [-0.3, -0.25) is 0 Å². The summed E-state index contributed by atoms with van der Waals surface area (Å²) in [6, 6.07) is 98.0. The molecule has 1 spiro atoms. The van der Waals surface area contributed by atoms with Crippen molar-refractivity contribution in [1.82, 2.24) is 9.13 Å². The number of hydrogen-bond donors (Lipinski definition) is 0. The van der Waals surface area contributed by atoms with E-state index < -0.39 is 5.41 Å². The monoisotopic (exact) mass is 1150 g/mol. The molecule has 1 aliphatic heterocycles. The van der Waals surface area contributed by atoms with Crippen molar-refractivity contribution < 1.29 is 0 Å². The van der Waals surface area contributed by atoms with Crippen LogP contribution in [0.3, 0.4) is 0 Å². The molecule has 0 amide bonds. The van der Waals surface area contributed by atoms with Crippen LogP contribution in [0, 0.1) is 0 Å². The van der Waals surface area contributed by atoms with Gasteiger partial charge in [-0.15, -0.1) is 0 Å². The van der Waals surface area contributed by atoms with Gasteiger partial charge >= 0.3 is 0 Å². The lowest BCUT2D eigenvalue weighted by molar-refractivity contribution is 0.660. The first-order chi connectivity index (χ1) is 43.1. The predicted octanol–water partition coefficient (Wildman–Crippen LogP) is 22.3. The van der Waals surface area contributed by atoms with Crippen LogP contribution in [0.15, 0.2) is 265 Å². The molecule has 0 radical (unpaired) electrons. The quantitative estimate of drug-likeness (QED) is 0.151. The summed E-state index contributed by atoms with van der Waals surface area (Å²) >= 11 is 1.90. The Morgan fingerprint density at radius 3 is 1.01 bits per heavy atom. The van der Waals surface area contributed by atoms with Crippen LogP contribution in [0.4, 0.5) is 34.1 Å². The van der Waals surface area contributed by atoms with Gasteiger partial charge in [0.2, 0.25) is 0 Å². The molecule has 12 aromatic carbocycles. The summed E-state index contributed by atoms with van der Waals surface area (Å²) in [4.78, 5) is 7.66. The van der Waals surface area contributed by atoms with Crippen molar-refractivity contribution >= 4 is 89.5 Å². The summed E-state index contributed by atoms with van der Waals surface area (Å²) in [5.74, 6) is 0. The highest BCUT2D eigenvalue weighted by molar-refractivity contribution is 7.99. The number of aryl methyl sites for hydroxylation is 2. The van der Waals surface area contributed by atoms with Crippen molar-refractivity contribution in [3.05, 3.63) is 299 Å². The average molecular weight is 1150 g/mol. The van der Waals surface area contributed by atoms with Crippen molar-refractivity contribution in [3.63, 3.8) is 0 Å². The highest BCUT2D eigenvalue weighted by atomic mass is 32.2. The zero-order valence-electron chi connectivity index (χ0n) is 50.4. The molecule has 0 bridgehead atoms. The smallest absolute Gasteiger partial charge is 0.0736 e. The summed E-state index contributed by atoms with van der Waals surface area (Å²) in [6.07, 6.45) is 0. The van der Waals surface area contributed by atoms with Gasteiger partial charge in [-0.2, -0.15) is 0 Å². The van der Waals surface area contributed by atoms with E-state index in [1.165, 1.54) is 131 Å². The van der Waals surface area contributed by atoms with Crippen molar-refractivity contribution in [1.29, 1.82) is 0 Å². The third kappa shape index (κ3) is 6.88. The van der Waals surface area contributed by atoms with Crippen LogP contribution < -0.4 is 9.80 Å². The topological polar surface area (TPSA) is 16.3 Å². The van der Waals surface area contributed by atoms with Crippen LogP contribution in [0.2, 0.25) is 0 Å². The second kappa shape index (κ2) is 18.6. The van der Waals surface area contributed by atoms with Gasteiger partial charge in [0, 0.05) is 111 Å². The number of nitrogens with zero attached hydrogens (tertiary/aromatic N) is 4. The first-order valence-electron chi connectivity index (χ1n) is 31.3. The fourth-order valence-electron chi connectivity index (χ4n) is 16.8. The van der Waals surface area contributed by atoms with E-state index in [1.54, 1.807) is 0 Å². The molecule has 3 heterocycles. The molecule has 0 atom stereocenters. The van der Waals surface area contributed by atoms with Gasteiger partial charge < -0.3 is 18.9 Å². The first kappa shape index (κ1) is 51.4. The maximum absolute atomic E-state index is 2.57. The van der Waals surface area contributed by atoms with E-state index in [-0.39, 0.29) is 10.8 Å². The van der Waals surface area contributed by atoms with Crippen molar-refractivity contribution in [3.8, 4) is 33.4 Å². The lowest BCUT2D eigenvalue weighted by Gasteiger charge is -2.40. The number of benzene rings is 12. The largest absolute Gasteiger partial charge is 0.341 e. The summed E-state index contributed by atoms with van der Waals surface area (Å²) in [7, 11) is 0. The molecule has 0 saturated carbocycles. The molecule has 2 aromatic heterocycles. The Balaban J connectivity index is 0.887. The third-order valence-corrected chi connectivity index (χ3v) is 21.9. The molecule has 0 saturated heterocycles. The Kier molecular flexibility index (Phi) is 10.9. The molecule has 0 N–H and O–H groups in total. The molecule has 4 aliphatic rings. The molecule has 4 nitrogen and oxygen atoms in total. The van der Waals surface area contributed by atoms with E-state index in [0.29, 0.717) is 0 Å². The van der Waals surface area contributed by atoms with Gasteiger partial charge in [0.1, 0.15) is 0 Å². The van der Waals surface area contributed by atoms with E-state index in [9.17, 15) is 0 Å². The van der Waals surface area contributed by atoms with Crippen LogP contribution in [0.5, 0.6) is 0 Å². The fourth-order valence-corrected chi connectivity index (χ4v) is 17.9. The minimum atomic E-state index is -0.688. The van der Waals surface area contributed by atoms with E-state index in [1.807, 2.05) is 11.8 Å². The second-order valence-electron chi connectivity index (χ2n) is 25.7. The maximum Gasteiger partial charge on any atom is 0.0736 e. The molecule has 0 unspecified atom stereocenters. The molecule has 422 valence electrons. The Bertz CT molecular complexity index is 4990. The molecule has 3 aliphatic carbocycles. The maximum atomic E-state index is 2.57. The first-order valence-corrected chi connectivity index (χ1v) is 32.1. The van der Waals surface area contributed by atoms with E-state index in [2.05, 4.69) is 315 Å². The lowest BCUT2D eigenvalue weighted by atomic mass is 9.67. The Labute approximate surface area is 518 Å². The number of rotatable bonds is 8. The molecule has 5 heteroatoms. The van der Waals surface area contributed by atoms with Gasteiger partial charge in [0.15, 0.2) is 0 Å². The third-order valence-electron chi connectivity index (χ3n) is 20.7. The summed E-state index contributed by atoms with van der Waals surface area (Å²) in [6.45, 7) is 15.9. The van der Waals surface area contributed by atoms with Crippen LogP contribution in [-0.2, 0) is 29.3 Å². The van der Waals surface area contributed by atoms with E-state index in [4.69, 9.17) is 0 Å².